The minimum absolute atomic E-state index is 0. The van der Waals surface area contributed by atoms with Crippen LogP contribution in [0.2, 0.25) is 0 Å². The standard InChI is InChI=1S/C21H33N5O2.HI/c1-16(2)19(25-9-11-28-12-10-25)14-23-21(22-3)24-17-13-20(27)26(15-17)18-7-5-4-6-8-18;/h4-8,16-17,19H,9-15H2,1-3H3,(H2,22,23,24);1H. The van der Waals surface area contributed by atoms with E-state index in [-0.39, 0.29) is 35.9 Å². The van der Waals surface area contributed by atoms with Crippen molar-refractivity contribution in [1.29, 1.82) is 0 Å². The van der Waals surface area contributed by atoms with E-state index >= 15 is 0 Å². The molecule has 3 rings (SSSR count). The molecule has 0 radical (unpaired) electrons. The molecule has 1 aromatic carbocycles. The molecule has 2 heterocycles. The lowest BCUT2D eigenvalue weighted by Gasteiger charge is -2.37. The molecule has 162 valence electrons. The number of aliphatic imine (C=N–C) groups is 1. The van der Waals surface area contributed by atoms with Gasteiger partial charge in [-0.3, -0.25) is 14.7 Å². The Morgan fingerprint density at radius 1 is 1.24 bits per heavy atom. The summed E-state index contributed by atoms with van der Waals surface area (Å²) in [5.41, 5.74) is 0.951. The number of morpholine rings is 1. The van der Waals surface area contributed by atoms with Gasteiger partial charge in [-0.25, -0.2) is 0 Å². The van der Waals surface area contributed by atoms with Crippen molar-refractivity contribution in [1.82, 2.24) is 15.5 Å². The van der Waals surface area contributed by atoms with Crippen LogP contribution < -0.4 is 15.5 Å². The SMILES string of the molecule is CN=C(NCC(C(C)C)N1CCOCC1)NC1CC(=O)N(c2ccccc2)C1.I. The summed E-state index contributed by atoms with van der Waals surface area (Å²) in [5, 5.41) is 6.90. The fraction of sp³-hybridized carbons (Fsp3) is 0.619. The van der Waals surface area contributed by atoms with Gasteiger partial charge in [0.15, 0.2) is 5.96 Å². The van der Waals surface area contributed by atoms with Crippen molar-refractivity contribution < 1.29 is 9.53 Å². The number of benzene rings is 1. The van der Waals surface area contributed by atoms with Crippen LogP contribution in [0.1, 0.15) is 20.3 Å². The van der Waals surface area contributed by atoms with Crippen LogP contribution in [0.15, 0.2) is 35.3 Å². The summed E-state index contributed by atoms with van der Waals surface area (Å²) in [7, 11) is 1.78. The summed E-state index contributed by atoms with van der Waals surface area (Å²) in [5.74, 6) is 1.43. The minimum Gasteiger partial charge on any atom is -0.379 e. The number of hydrogen-bond donors (Lipinski definition) is 2. The number of anilines is 1. The van der Waals surface area contributed by atoms with E-state index in [1.165, 1.54) is 0 Å². The number of amides is 1. The van der Waals surface area contributed by atoms with Gasteiger partial charge in [0.2, 0.25) is 5.91 Å². The highest BCUT2D eigenvalue weighted by molar-refractivity contribution is 14.0. The maximum Gasteiger partial charge on any atom is 0.229 e. The first-order chi connectivity index (χ1) is 13.6. The fourth-order valence-electron chi connectivity index (χ4n) is 3.95. The van der Waals surface area contributed by atoms with Crippen molar-refractivity contribution in [3.05, 3.63) is 30.3 Å². The average Bonchev–Trinajstić information content (AvgIpc) is 3.08. The van der Waals surface area contributed by atoms with E-state index in [2.05, 4.69) is 34.4 Å². The molecule has 0 spiro atoms. The number of carbonyl (C=O) groups is 1. The quantitative estimate of drug-likeness (QED) is 0.345. The second-order valence-electron chi connectivity index (χ2n) is 7.80. The Morgan fingerprint density at radius 2 is 1.93 bits per heavy atom. The van der Waals surface area contributed by atoms with E-state index in [9.17, 15) is 4.79 Å². The third-order valence-electron chi connectivity index (χ3n) is 5.52. The summed E-state index contributed by atoms with van der Waals surface area (Å²) in [4.78, 5) is 21.1. The number of carbonyl (C=O) groups excluding carboxylic acids is 1. The van der Waals surface area contributed by atoms with E-state index in [0.717, 1.165) is 44.5 Å². The highest BCUT2D eigenvalue weighted by atomic mass is 127. The number of ether oxygens (including phenoxy) is 1. The monoisotopic (exact) mass is 515 g/mol. The molecule has 2 fully saturated rings. The Labute approximate surface area is 191 Å². The van der Waals surface area contributed by atoms with Crippen LogP contribution in [-0.4, -0.2) is 75.3 Å². The Balaban J connectivity index is 0.00000300. The number of rotatable bonds is 6. The van der Waals surface area contributed by atoms with E-state index in [4.69, 9.17) is 4.74 Å². The van der Waals surface area contributed by atoms with Gasteiger partial charge in [0.1, 0.15) is 0 Å². The van der Waals surface area contributed by atoms with Crippen molar-refractivity contribution in [2.75, 3.05) is 51.3 Å². The lowest BCUT2D eigenvalue weighted by atomic mass is 10.0. The second-order valence-corrected chi connectivity index (χ2v) is 7.80. The summed E-state index contributed by atoms with van der Waals surface area (Å²) in [6.45, 7) is 9.53. The number of para-hydroxylation sites is 1. The van der Waals surface area contributed by atoms with Gasteiger partial charge in [-0.05, 0) is 18.1 Å². The molecule has 0 saturated carbocycles. The molecule has 2 unspecified atom stereocenters. The Hall–Kier alpha value is -1.39. The van der Waals surface area contributed by atoms with Gasteiger partial charge in [0.05, 0.1) is 19.3 Å². The molecule has 29 heavy (non-hydrogen) atoms. The molecular formula is C21H34IN5O2. The first-order valence-electron chi connectivity index (χ1n) is 10.2. The third-order valence-corrected chi connectivity index (χ3v) is 5.52. The Bertz CT molecular complexity index is 664. The van der Waals surface area contributed by atoms with Gasteiger partial charge in [-0.2, -0.15) is 0 Å². The van der Waals surface area contributed by atoms with E-state index in [1.54, 1.807) is 7.05 Å². The minimum atomic E-state index is 0. The third kappa shape index (κ3) is 6.55. The molecule has 7 nitrogen and oxygen atoms in total. The molecule has 2 N–H and O–H groups in total. The van der Waals surface area contributed by atoms with Crippen LogP contribution in [-0.2, 0) is 9.53 Å². The Morgan fingerprint density at radius 3 is 2.55 bits per heavy atom. The van der Waals surface area contributed by atoms with Gasteiger partial charge in [-0.1, -0.05) is 32.0 Å². The smallest absolute Gasteiger partial charge is 0.229 e. The summed E-state index contributed by atoms with van der Waals surface area (Å²) < 4.78 is 5.49. The van der Waals surface area contributed by atoms with Crippen molar-refractivity contribution in [2.24, 2.45) is 10.9 Å². The number of nitrogens with zero attached hydrogens (tertiary/aromatic N) is 3. The lowest BCUT2D eigenvalue weighted by molar-refractivity contribution is -0.117. The predicted octanol–water partition coefficient (Wildman–Crippen LogP) is 1.93. The van der Waals surface area contributed by atoms with E-state index in [1.807, 2.05) is 35.2 Å². The molecule has 0 aromatic heterocycles. The predicted molar refractivity (Wildman–Crippen MR) is 128 cm³/mol. The molecule has 0 aliphatic carbocycles. The first kappa shape index (κ1) is 23.9. The zero-order valence-corrected chi connectivity index (χ0v) is 20.0. The van der Waals surface area contributed by atoms with Crippen molar-refractivity contribution in [2.45, 2.75) is 32.4 Å². The zero-order chi connectivity index (χ0) is 19.9. The lowest BCUT2D eigenvalue weighted by Crippen LogP contribution is -2.53. The van der Waals surface area contributed by atoms with E-state index in [0.29, 0.717) is 24.9 Å². The number of hydrogen-bond acceptors (Lipinski definition) is 4. The zero-order valence-electron chi connectivity index (χ0n) is 17.6. The topological polar surface area (TPSA) is 69.2 Å². The summed E-state index contributed by atoms with van der Waals surface area (Å²) in [6.07, 6.45) is 0.479. The molecule has 2 aliphatic heterocycles. The number of nitrogens with one attached hydrogen (secondary N) is 2. The van der Waals surface area contributed by atoms with Crippen LogP contribution in [0, 0.1) is 5.92 Å². The van der Waals surface area contributed by atoms with Crippen molar-refractivity contribution in [3.63, 3.8) is 0 Å². The van der Waals surface area contributed by atoms with E-state index < -0.39 is 0 Å². The van der Waals surface area contributed by atoms with Gasteiger partial charge >= 0.3 is 0 Å². The molecule has 0 bridgehead atoms. The average molecular weight is 515 g/mol. The van der Waals surface area contributed by atoms with Gasteiger partial charge in [0, 0.05) is 51.4 Å². The molecule has 2 aliphatic rings. The normalized spacial score (nSPS) is 21.8. The highest BCUT2D eigenvalue weighted by Crippen LogP contribution is 2.21. The molecule has 1 aromatic rings. The van der Waals surface area contributed by atoms with Gasteiger partial charge in [-0.15, -0.1) is 24.0 Å². The molecular weight excluding hydrogens is 481 g/mol. The first-order valence-corrected chi connectivity index (χ1v) is 10.2. The van der Waals surface area contributed by atoms with Crippen molar-refractivity contribution in [3.8, 4) is 0 Å². The molecule has 1 amide bonds. The summed E-state index contributed by atoms with van der Waals surface area (Å²) in [6, 6.07) is 10.3. The maximum atomic E-state index is 12.4. The Kier molecular flexibility index (Phi) is 9.64. The largest absolute Gasteiger partial charge is 0.379 e. The van der Waals surface area contributed by atoms with Crippen LogP contribution in [0.4, 0.5) is 5.69 Å². The molecule has 2 saturated heterocycles. The van der Waals surface area contributed by atoms with Crippen LogP contribution in [0.3, 0.4) is 0 Å². The number of guanidine groups is 1. The van der Waals surface area contributed by atoms with Crippen LogP contribution in [0.5, 0.6) is 0 Å². The van der Waals surface area contributed by atoms with Crippen LogP contribution >= 0.6 is 24.0 Å². The molecule has 2 atom stereocenters. The van der Waals surface area contributed by atoms with Gasteiger partial charge < -0.3 is 20.3 Å². The number of halogens is 1. The second kappa shape index (κ2) is 11.7. The summed E-state index contributed by atoms with van der Waals surface area (Å²) >= 11 is 0. The van der Waals surface area contributed by atoms with Crippen molar-refractivity contribution >= 4 is 41.5 Å². The maximum absolute atomic E-state index is 12.4. The highest BCUT2D eigenvalue weighted by Gasteiger charge is 2.31. The molecule has 8 heteroatoms. The van der Waals surface area contributed by atoms with Gasteiger partial charge in [0.25, 0.3) is 0 Å². The van der Waals surface area contributed by atoms with Crippen LogP contribution in [0.25, 0.3) is 0 Å². The fourth-order valence-corrected chi connectivity index (χ4v) is 3.95.